The van der Waals surface area contributed by atoms with E-state index < -0.39 is 11.8 Å². The lowest BCUT2D eigenvalue weighted by Gasteiger charge is -2.35. The van der Waals surface area contributed by atoms with Crippen molar-refractivity contribution in [2.45, 2.75) is 6.92 Å². The van der Waals surface area contributed by atoms with Crippen LogP contribution in [0.2, 0.25) is 5.02 Å². The Bertz CT molecular complexity index is 753. The SMILES string of the molecule is Cc1cc(NC(=O)C(=O)N2CCN(c3cccc(Cl)c3)CC2)no1. The monoisotopic (exact) mass is 348 g/mol. The van der Waals surface area contributed by atoms with Crippen LogP contribution in [0.15, 0.2) is 34.9 Å². The molecule has 2 heterocycles. The first-order valence-electron chi connectivity index (χ1n) is 7.57. The van der Waals surface area contributed by atoms with Crippen molar-refractivity contribution in [2.24, 2.45) is 0 Å². The highest BCUT2D eigenvalue weighted by atomic mass is 35.5. The van der Waals surface area contributed by atoms with Gasteiger partial charge in [-0.1, -0.05) is 22.8 Å². The van der Waals surface area contributed by atoms with Crippen LogP contribution in [0.1, 0.15) is 5.76 Å². The second-order valence-corrected chi connectivity index (χ2v) is 5.97. The lowest BCUT2D eigenvalue weighted by Crippen LogP contribution is -2.51. The summed E-state index contributed by atoms with van der Waals surface area (Å²) in [5, 5.41) is 6.76. The predicted octanol–water partition coefficient (Wildman–Crippen LogP) is 1.92. The minimum Gasteiger partial charge on any atom is -0.368 e. The zero-order chi connectivity index (χ0) is 17.1. The van der Waals surface area contributed by atoms with Crippen LogP contribution in [-0.4, -0.2) is 48.0 Å². The molecule has 0 bridgehead atoms. The summed E-state index contributed by atoms with van der Waals surface area (Å²) in [6.07, 6.45) is 0. The van der Waals surface area contributed by atoms with Gasteiger partial charge in [0.25, 0.3) is 0 Å². The highest BCUT2D eigenvalue weighted by molar-refractivity contribution is 6.39. The summed E-state index contributed by atoms with van der Waals surface area (Å²) < 4.78 is 4.86. The summed E-state index contributed by atoms with van der Waals surface area (Å²) in [5.74, 6) is -0.475. The Morgan fingerprint density at radius 1 is 1.21 bits per heavy atom. The minimum absolute atomic E-state index is 0.239. The van der Waals surface area contributed by atoms with Crippen LogP contribution in [0.3, 0.4) is 0 Å². The van der Waals surface area contributed by atoms with Crippen LogP contribution in [-0.2, 0) is 9.59 Å². The molecule has 1 saturated heterocycles. The summed E-state index contributed by atoms with van der Waals surface area (Å²) in [6.45, 7) is 3.93. The summed E-state index contributed by atoms with van der Waals surface area (Å²) in [7, 11) is 0. The molecule has 24 heavy (non-hydrogen) atoms. The van der Waals surface area contributed by atoms with Gasteiger partial charge in [-0.25, -0.2) is 0 Å². The number of carbonyl (C=O) groups is 2. The van der Waals surface area contributed by atoms with Crippen molar-refractivity contribution in [1.29, 1.82) is 0 Å². The number of hydrogen-bond acceptors (Lipinski definition) is 5. The van der Waals surface area contributed by atoms with E-state index in [9.17, 15) is 9.59 Å². The molecule has 0 spiro atoms. The molecule has 2 aromatic rings. The molecule has 0 aliphatic carbocycles. The third kappa shape index (κ3) is 3.68. The fraction of sp³-hybridized carbons (Fsp3) is 0.312. The van der Waals surface area contributed by atoms with Crippen molar-refractivity contribution in [3.63, 3.8) is 0 Å². The number of nitrogens with zero attached hydrogens (tertiary/aromatic N) is 3. The van der Waals surface area contributed by atoms with Gasteiger partial charge in [-0.3, -0.25) is 14.9 Å². The van der Waals surface area contributed by atoms with E-state index in [2.05, 4.69) is 15.4 Å². The number of nitrogens with one attached hydrogen (secondary N) is 1. The molecule has 1 aliphatic heterocycles. The number of rotatable bonds is 2. The van der Waals surface area contributed by atoms with Crippen LogP contribution in [0.4, 0.5) is 11.5 Å². The highest BCUT2D eigenvalue weighted by Gasteiger charge is 2.26. The molecule has 1 aromatic carbocycles. The normalized spacial score (nSPS) is 14.6. The standard InChI is InChI=1S/C16H17ClN4O3/c1-11-9-14(19-24-11)18-15(22)16(23)21-7-5-20(6-8-21)13-4-2-3-12(17)10-13/h2-4,9-10H,5-8H2,1H3,(H,18,19,22). The number of anilines is 2. The van der Waals surface area contributed by atoms with Gasteiger partial charge < -0.3 is 14.3 Å². The van der Waals surface area contributed by atoms with Gasteiger partial charge in [0.05, 0.1) is 0 Å². The van der Waals surface area contributed by atoms with E-state index in [4.69, 9.17) is 16.1 Å². The molecule has 0 atom stereocenters. The quantitative estimate of drug-likeness (QED) is 0.839. The number of piperazine rings is 1. The Morgan fingerprint density at radius 3 is 2.58 bits per heavy atom. The van der Waals surface area contributed by atoms with Crippen molar-refractivity contribution in [2.75, 3.05) is 36.4 Å². The number of aryl methyl sites for hydroxylation is 1. The van der Waals surface area contributed by atoms with Gasteiger partial charge in [0.15, 0.2) is 5.82 Å². The number of carbonyl (C=O) groups excluding carboxylic acids is 2. The Morgan fingerprint density at radius 2 is 1.96 bits per heavy atom. The number of benzene rings is 1. The Labute approximate surface area is 144 Å². The average molecular weight is 349 g/mol. The number of halogens is 1. The zero-order valence-electron chi connectivity index (χ0n) is 13.2. The number of hydrogen-bond donors (Lipinski definition) is 1. The number of aromatic nitrogens is 1. The maximum Gasteiger partial charge on any atom is 0.315 e. The molecule has 1 fully saturated rings. The molecule has 8 heteroatoms. The Balaban J connectivity index is 1.55. The second-order valence-electron chi connectivity index (χ2n) is 5.54. The first-order valence-corrected chi connectivity index (χ1v) is 7.95. The molecule has 1 aliphatic rings. The first kappa shape index (κ1) is 16.3. The van der Waals surface area contributed by atoms with Gasteiger partial charge in [-0.2, -0.15) is 0 Å². The van der Waals surface area contributed by atoms with E-state index in [1.807, 2.05) is 24.3 Å². The molecule has 1 aromatic heterocycles. The van der Waals surface area contributed by atoms with Crippen LogP contribution >= 0.6 is 11.6 Å². The molecular formula is C16H17ClN4O3. The Kier molecular flexibility index (Phi) is 4.71. The van der Waals surface area contributed by atoms with Gasteiger partial charge in [-0.05, 0) is 25.1 Å². The summed E-state index contributed by atoms with van der Waals surface area (Å²) in [6, 6.07) is 9.13. The van der Waals surface area contributed by atoms with Crippen molar-refractivity contribution in [3.05, 3.63) is 41.1 Å². The molecule has 2 amide bonds. The molecule has 0 radical (unpaired) electrons. The van der Waals surface area contributed by atoms with Crippen molar-refractivity contribution >= 4 is 34.9 Å². The van der Waals surface area contributed by atoms with Gasteiger partial charge in [0.1, 0.15) is 5.76 Å². The highest BCUT2D eigenvalue weighted by Crippen LogP contribution is 2.20. The van der Waals surface area contributed by atoms with Gasteiger partial charge >= 0.3 is 11.8 Å². The Hall–Kier alpha value is -2.54. The van der Waals surface area contributed by atoms with Gasteiger partial charge in [0, 0.05) is 43.0 Å². The van der Waals surface area contributed by atoms with Crippen LogP contribution < -0.4 is 10.2 Å². The first-order chi connectivity index (χ1) is 11.5. The van der Waals surface area contributed by atoms with E-state index in [-0.39, 0.29) is 5.82 Å². The lowest BCUT2D eigenvalue weighted by molar-refractivity contribution is -0.143. The van der Waals surface area contributed by atoms with Crippen molar-refractivity contribution < 1.29 is 14.1 Å². The minimum atomic E-state index is -0.709. The number of amides is 2. The molecular weight excluding hydrogens is 332 g/mol. The van der Waals surface area contributed by atoms with Gasteiger partial charge in [0.2, 0.25) is 0 Å². The molecule has 3 rings (SSSR count). The molecule has 7 nitrogen and oxygen atoms in total. The third-order valence-electron chi connectivity index (χ3n) is 3.80. The van der Waals surface area contributed by atoms with E-state index in [0.717, 1.165) is 5.69 Å². The molecule has 0 saturated carbocycles. The molecule has 1 N–H and O–H groups in total. The van der Waals surface area contributed by atoms with E-state index in [1.165, 1.54) is 4.90 Å². The predicted molar refractivity (Wildman–Crippen MR) is 90.1 cm³/mol. The smallest absolute Gasteiger partial charge is 0.315 e. The van der Waals surface area contributed by atoms with E-state index >= 15 is 0 Å². The van der Waals surface area contributed by atoms with Crippen LogP contribution in [0.25, 0.3) is 0 Å². The van der Waals surface area contributed by atoms with Crippen LogP contribution in [0, 0.1) is 6.92 Å². The zero-order valence-corrected chi connectivity index (χ0v) is 13.9. The van der Waals surface area contributed by atoms with E-state index in [1.54, 1.807) is 13.0 Å². The van der Waals surface area contributed by atoms with Crippen molar-refractivity contribution in [3.8, 4) is 0 Å². The fourth-order valence-electron chi connectivity index (χ4n) is 2.58. The average Bonchev–Trinajstić information content (AvgIpc) is 2.99. The molecule has 126 valence electrons. The van der Waals surface area contributed by atoms with Crippen LogP contribution in [0.5, 0.6) is 0 Å². The van der Waals surface area contributed by atoms with Crippen molar-refractivity contribution in [1.82, 2.24) is 10.1 Å². The van der Waals surface area contributed by atoms with E-state index in [0.29, 0.717) is 37.0 Å². The second kappa shape index (κ2) is 6.92. The van der Waals surface area contributed by atoms with Gasteiger partial charge in [-0.15, -0.1) is 0 Å². The summed E-state index contributed by atoms with van der Waals surface area (Å²) in [4.78, 5) is 27.9. The maximum atomic E-state index is 12.2. The topological polar surface area (TPSA) is 78.7 Å². The maximum absolute atomic E-state index is 12.2. The lowest BCUT2D eigenvalue weighted by atomic mass is 10.2. The third-order valence-corrected chi connectivity index (χ3v) is 4.04. The fourth-order valence-corrected chi connectivity index (χ4v) is 2.76. The molecule has 0 unspecified atom stereocenters. The summed E-state index contributed by atoms with van der Waals surface area (Å²) >= 11 is 6.01. The summed E-state index contributed by atoms with van der Waals surface area (Å²) in [5.41, 5.74) is 1.01. The largest absolute Gasteiger partial charge is 0.368 e.